The molecule has 1 aliphatic rings. The Balaban J connectivity index is 1.72. The normalized spacial score (nSPS) is 17.9. The van der Waals surface area contributed by atoms with Crippen LogP contribution in [0.4, 0.5) is 0 Å². The van der Waals surface area contributed by atoms with Crippen LogP contribution in [0.25, 0.3) is 0 Å². The molecule has 0 unspecified atom stereocenters. The second kappa shape index (κ2) is 5.57. The average Bonchev–Trinajstić information content (AvgIpc) is 2.89. The molecule has 1 aliphatic heterocycles. The van der Waals surface area contributed by atoms with Gasteiger partial charge in [0, 0.05) is 10.0 Å². The molecule has 3 heteroatoms. The molecule has 0 aromatic heterocycles. The first kappa shape index (κ1) is 12.4. The number of nitrogens with zero attached hydrogens (tertiary/aromatic N) is 1. The van der Waals surface area contributed by atoms with Crippen molar-refractivity contribution in [3.8, 4) is 0 Å². The Labute approximate surface area is 121 Å². The van der Waals surface area contributed by atoms with Crippen LogP contribution in [0.15, 0.2) is 64.1 Å². The summed E-state index contributed by atoms with van der Waals surface area (Å²) in [5.41, 5.74) is 2.34. The van der Waals surface area contributed by atoms with Gasteiger partial charge in [0.05, 0.1) is 6.04 Å². The van der Waals surface area contributed by atoms with Gasteiger partial charge in [0.25, 0.3) is 0 Å². The zero-order chi connectivity index (χ0) is 13.1. The zero-order valence-electron chi connectivity index (χ0n) is 10.4. The molecule has 2 aromatic carbocycles. The van der Waals surface area contributed by atoms with Crippen LogP contribution in [0.5, 0.6) is 0 Å². The van der Waals surface area contributed by atoms with E-state index in [0.717, 1.165) is 22.4 Å². The van der Waals surface area contributed by atoms with Crippen molar-refractivity contribution in [2.24, 2.45) is 4.99 Å². The second-order valence-corrected chi connectivity index (χ2v) is 5.51. The van der Waals surface area contributed by atoms with Gasteiger partial charge in [0.2, 0.25) is 5.90 Å². The van der Waals surface area contributed by atoms with E-state index in [1.54, 1.807) is 0 Å². The molecule has 3 rings (SSSR count). The van der Waals surface area contributed by atoms with Crippen molar-refractivity contribution in [3.63, 3.8) is 0 Å². The molecule has 1 heterocycles. The van der Waals surface area contributed by atoms with Gasteiger partial charge in [0.1, 0.15) is 6.61 Å². The summed E-state index contributed by atoms with van der Waals surface area (Å²) >= 11 is 3.43. The highest BCUT2D eigenvalue weighted by Crippen LogP contribution is 2.17. The van der Waals surface area contributed by atoms with E-state index < -0.39 is 0 Å². The molecular weight excluding hydrogens is 302 g/mol. The largest absolute Gasteiger partial charge is 0.475 e. The first-order chi connectivity index (χ1) is 9.31. The highest BCUT2D eigenvalue weighted by molar-refractivity contribution is 9.10. The monoisotopic (exact) mass is 315 g/mol. The van der Waals surface area contributed by atoms with Crippen molar-refractivity contribution < 1.29 is 4.74 Å². The Bertz CT molecular complexity index is 577. The van der Waals surface area contributed by atoms with Crippen LogP contribution in [0.3, 0.4) is 0 Å². The minimum atomic E-state index is 0.223. The molecule has 0 bridgehead atoms. The summed E-state index contributed by atoms with van der Waals surface area (Å²) in [6.45, 7) is 0.667. The number of halogens is 1. The smallest absolute Gasteiger partial charge is 0.216 e. The van der Waals surface area contributed by atoms with E-state index in [9.17, 15) is 0 Å². The maximum Gasteiger partial charge on any atom is 0.216 e. The molecule has 0 saturated carbocycles. The molecule has 0 saturated heterocycles. The fourth-order valence-electron chi connectivity index (χ4n) is 2.16. The number of benzene rings is 2. The van der Waals surface area contributed by atoms with Crippen LogP contribution in [0, 0.1) is 0 Å². The van der Waals surface area contributed by atoms with E-state index in [2.05, 4.69) is 45.2 Å². The fraction of sp³-hybridized carbons (Fsp3) is 0.188. The Morgan fingerprint density at radius 2 is 1.79 bits per heavy atom. The van der Waals surface area contributed by atoms with Crippen LogP contribution in [-0.2, 0) is 11.2 Å². The van der Waals surface area contributed by atoms with Crippen molar-refractivity contribution in [2.45, 2.75) is 12.5 Å². The number of aliphatic imine (C=N–C) groups is 1. The second-order valence-electron chi connectivity index (χ2n) is 4.60. The van der Waals surface area contributed by atoms with Gasteiger partial charge < -0.3 is 4.74 Å². The number of rotatable bonds is 3. The third kappa shape index (κ3) is 3.04. The van der Waals surface area contributed by atoms with Gasteiger partial charge in [-0.15, -0.1) is 0 Å². The summed E-state index contributed by atoms with van der Waals surface area (Å²) in [7, 11) is 0. The molecule has 0 spiro atoms. The van der Waals surface area contributed by atoms with Gasteiger partial charge >= 0.3 is 0 Å². The molecule has 96 valence electrons. The van der Waals surface area contributed by atoms with E-state index in [1.807, 2.05) is 30.3 Å². The van der Waals surface area contributed by atoms with Gasteiger partial charge in [0.15, 0.2) is 0 Å². The number of hydrogen-bond donors (Lipinski definition) is 0. The van der Waals surface area contributed by atoms with Crippen LogP contribution in [0.2, 0.25) is 0 Å². The van der Waals surface area contributed by atoms with Gasteiger partial charge in [-0.25, -0.2) is 4.99 Å². The summed E-state index contributed by atoms with van der Waals surface area (Å²) in [4.78, 5) is 4.66. The lowest BCUT2D eigenvalue weighted by atomic mass is 10.1. The molecule has 1 atom stereocenters. The van der Waals surface area contributed by atoms with Crippen molar-refractivity contribution in [1.29, 1.82) is 0 Å². The van der Waals surface area contributed by atoms with E-state index >= 15 is 0 Å². The quantitative estimate of drug-likeness (QED) is 0.843. The molecule has 0 amide bonds. The minimum absolute atomic E-state index is 0.223. The summed E-state index contributed by atoms with van der Waals surface area (Å²) in [5.74, 6) is 0.758. The van der Waals surface area contributed by atoms with Crippen LogP contribution in [0.1, 0.15) is 11.1 Å². The molecule has 19 heavy (non-hydrogen) atoms. The molecule has 0 aliphatic carbocycles. The maximum absolute atomic E-state index is 5.70. The van der Waals surface area contributed by atoms with Crippen molar-refractivity contribution >= 4 is 21.8 Å². The lowest BCUT2D eigenvalue weighted by Gasteiger charge is -2.04. The molecule has 0 N–H and O–H groups in total. The Hall–Kier alpha value is -1.61. The topological polar surface area (TPSA) is 21.6 Å². The van der Waals surface area contributed by atoms with Crippen LogP contribution < -0.4 is 0 Å². The van der Waals surface area contributed by atoms with Crippen LogP contribution in [-0.4, -0.2) is 18.5 Å². The summed E-state index contributed by atoms with van der Waals surface area (Å²) < 4.78 is 6.76. The molecule has 0 fully saturated rings. The summed E-state index contributed by atoms with van der Waals surface area (Å²) in [6.07, 6.45) is 0.931. The van der Waals surface area contributed by atoms with Crippen molar-refractivity contribution in [2.75, 3.05) is 6.61 Å². The number of ether oxygens (including phenoxy) is 1. The standard InChI is InChI=1S/C16H14BrNO/c17-14-8-6-13(7-9-14)16-18-15(11-19-16)10-12-4-2-1-3-5-12/h1-9,15H,10-11H2/t15-/m1/s1. The molecule has 0 radical (unpaired) electrons. The predicted molar refractivity (Wildman–Crippen MR) is 80.6 cm³/mol. The van der Waals surface area contributed by atoms with Gasteiger partial charge in [-0.2, -0.15) is 0 Å². The summed E-state index contributed by atoms with van der Waals surface area (Å²) in [5, 5.41) is 0. The van der Waals surface area contributed by atoms with Crippen molar-refractivity contribution in [1.82, 2.24) is 0 Å². The Kier molecular flexibility index (Phi) is 3.65. The van der Waals surface area contributed by atoms with E-state index in [0.29, 0.717) is 6.61 Å². The Morgan fingerprint density at radius 1 is 1.05 bits per heavy atom. The van der Waals surface area contributed by atoms with E-state index in [-0.39, 0.29) is 6.04 Å². The maximum atomic E-state index is 5.70. The van der Waals surface area contributed by atoms with Crippen LogP contribution >= 0.6 is 15.9 Å². The van der Waals surface area contributed by atoms with Gasteiger partial charge in [-0.1, -0.05) is 46.3 Å². The lowest BCUT2D eigenvalue weighted by Crippen LogP contribution is -2.09. The first-order valence-electron chi connectivity index (χ1n) is 6.32. The molecular formula is C16H14BrNO. The number of hydrogen-bond acceptors (Lipinski definition) is 2. The zero-order valence-corrected chi connectivity index (χ0v) is 12.0. The van der Waals surface area contributed by atoms with Gasteiger partial charge in [-0.3, -0.25) is 0 Å². The fourth-order valence-corrected chi connectivity index (χ4v) is 2.42. The molecule has 2 nitrogen and oxygen atoms in total. The summed E-state index contributed by atoms with van der Waals surface area (Å²) in [6, 6.07) is 18.7. The van der Waals surface area contributed by atoms with Crippen molar-refractivity contribution in [3.05, 3.63) is 70.2 Å². The SMILES string of the molecule is Brc1ccc(C2=N[C@H](Cc3ccccc3)CO2)cc1. The lowest BCUT2D eigenvalue weighted by molar-refractivity contribution is 0.317. The van der Waals surface area contributed by atoms with E-state index in [1.165, 1.54) is 5.56 Å². The predicted octanol–water partition coefficient (Wildman–Crippen LogP) is 3.84. The third-order valence-electron chi connectivity index (χ3n) is 3.12. The highest BCUT2D eigenvalue weighted by atomic mass is 79.9. The van der Waals surface area contributed by atoms with E-state index in [4.69, 9.17) is 4.74 Å². The Morgan fingerprint density at radius 3 is 2.53 bits per heavy atom. The molecule has 2 aromatic rings. The van der Waals surface area contributed by atoms with Gasteiger partial charge in [-0.05, 0) is 36.2 Å². The first-order valence-corrected chi connectivity index (χ1v) is 7.11. The average molecular weight is 316 g/mol. The highest BCUT2D eigenvalue weighted by Gasteiger charge is 2.20. The minimum Gasteiger partial charge on any atom is -0.475 e. The third-order valence-corrected chi connectivity index (χ3v) is 3.65.